The summed E-state index contributed by atoms with van der Waals surface area (Å²) in [6.07, 6.45) is 1.04. The highest BCUT2D eigenvalue weighted by atomic mass is 35.5. The molecule has 0 fully saturated rings. The molecule has 1 aromatic rings. The molecule has 1 aromatic carbocycles. The monoisotopic (exact) mass is 180 g/mol. The summed E-state index contributed by atoms with van der Waals surface area (Å²) in [5, 5.41) is 0.628. The van der Waals surface area contributed by atoms with Crippen LogP contribution in [-0.2, 0) is 6.42 Å². The Morgan fingerprint density at radius 2 is 2.17 bits per heavy atom. The van der Waals surface area contributed by atoms with Crippen molar-refractivity contribution in [2.24, 2.45) is 0 Å². The van der Waals surface area contributed by atoms with Crippen molar-refractivity contribution in [1.82, 2.24) is 0 Å². The van der Waals surface area contributed by atoms with Crippen molar-refractivity contribution < 1.29 is 0 Å². The third kappa shape index (κ3) is 1.89. The van der Waals surface area contributed by atoms with Crippen LogP contribution < -0.4 is 0 Å². The van der Waals surface area contributed by atoms with Gasteiger partial charge in [-0.1, -0.05) is 43.3 Å². The van der Waals surface area contributed by atoms with Crippen molar-refractivity contribution in [2.75, 3.05) is 0 Å². The first-order chi connectivity index (χ1) is 5.65. The smallest absolute Gasteiger partial charge is 0.0409 e. The molecule has 64 valence electrons. The van der Waals surface area contributed by atoms with E-state index in [4.69, 9.17) is 11.6 Å². The van der Waals surface area contributed by atoms with Crippen LogP contribution in [0.2, 0.25) is 0 Å². The van der Waals surface area contributed by atoms with Crippen LogP contribution in [0.1, 0.15) is 23.6 Å². The van der Waals surface area contributed by atoms with Crippen LogP contribution in [0, 0.1) is 6.92 Å². The zero-order chi connectivity index (χ0) is 9.14. The fourth-order valence-corrected chi connectivity index (χ4v) is 1.38. The normalized spacial score (nSPS) is 9.92. The fraction of sp³-hybridized carbons (Fsp3) is 0.273. The van der Waals surface area contributed by atoms with Gasteiger partial charge in [0.15, 0.2) is 0 Å². The van der Waals surface area contributed by atoms with Gasteiger partial charge in [0.25, 0.3) is 0 Å². The summed E-state index contributed by atoms with van der Waals surface area (Å²) in [6.45, 7) is 7.90. The molecule has 0 unspecified atom stereocenters. The average Bonchev–Trinajstić information content (AvgIpc) is 2.05. The lowest BCUT2D eigenvalue weighted by atomic mass is 10.0. The Morgan fingerprint density at radius 1 is 1.50 bits per heavy atom. The molecule has 0 aliphatic rings. The van der Waals surface area contributed by atoms with Crippen molar-refractivity contribution in [1.29, 1.82) is 0 Å². The zero-order valence-corrected chi connectivity index (χ0v) is 8.28. The van der Waals surface area contributed by atoms with Crippen molar-refractivity contribution in [3.8, 4) is 0 Å². The largest absolute Gasteiger partial charge is 0.0843 e. The number of hydrogen-bond donors (Lipinski definition) is 0. The van der Waals surface area contributed by atoms with Crippen LogP contribution in [-0.4, -0.2) is 0 Å². The minimum atomic E-state index is 0.628. The van der Waals surface area contributed by atoms with E-state index in [0.717, 1.165) is 12.0 Å². The predicted molar refractivity (Wildman–Crippen MR) is 55.4 cm³/mol. The van der Waals surface area contributed by atoms with Crippen molar-refractivity contribution in [3.63, 3.8) is 0 Å². The molecule has 0 heterocycles. The molecule has 0 spiro atoms. The van der Waals surface area contributed by atoms with Gasteiger partial charge in [-0.2, -0.15) is 0 Å². The quantitative estimate of drug-likeness (QED) is 0.650. The number of benzene rings is 1. The standard InChI is InChI=1S/C11H13Cl/c1-4-10-6-5-8(2)11(7-10)9(3)12/h5-7H,3-4H2,1-2H3. The third-order valence-electron chi connectivity index (χ3n) is 2.00. The second kappa shape index (κ2) is 3.77. The molecule has 12 heavy (non-hydrogen) atoms. The molecule has 0 nitrogen and oxygen atoms in total. The van der Waals surface area contributed by atoms with Gasteiger partial charge in [-0.15, -0.1) is 0 Å². The Kier molecular flexibility index (Phi) is 2.93. The SMILES string of the molecule is C=C(Cl)c1cc(CC)ccc1C. The molecule has 0 bridgehead atoms. The highest BCUT2D eigenvalue weighted by Crippen LogP contribution is 2.21. The Balaban J connectivity index is 3.17. The van der Waals surface area contributed by atoms with Gasteiger partial charge in [0.2, 0.25) is 0 Å². The summed E-state index contributed by atoms with van der Waals surface area (Å²) in [7, 11) is 0. The maximum atomic E-state index is 5.84. The number of halogens is 1. The highest BCUT2D eigenvalue weighted by molar-refractivity contribution is 6.48. The Labute approximate surface area is 78.9 Å². The van der Waals surface area contributed by atoms with Gasteiger partial charge >= 0.3 is 0 Å². The van der Waals surface area contributed by atoms with Crippen LogP contribution in [0.3, 0.4) is 0 Å². The molecule has 0 aliphatic heterocycles. The van der Waals surface area contributed by atoms with Crippen LogP contribution >= 0.6 is 11.6 Å². The summed E-state index contributed by atoms with van der Waals surface area (Å²) in [5.74, 6) is 0. The van der Waals surface area contributed by atoms with Crippen molar-refractivity contribution in [3.05, 3.63) is 41.5 Å². The van der Waals surface area contributed by atoms with Crippen LogP contribution in [0.25, 0.3) is 5.03 Å². The van der Waals surface area contributed by atoms with Gasteiger partial charge in [-0.25, -0.2) is 0 Å². The molecule has 0 atom stereocenters. The summed E-state index contributed by atoms with van der Waals surface area (Å²) in [4.78, 5) is 0. The summed E-state index contributed by atoms with van der Waals surface area (Å²) >= 11 is 5.84. The summed E-state index contributed by atoms with van der Waals surface area (Å²) in [5.41, 5.74) is 3.56. The Hall–Kier alpha value is -0.750. The van der Waals surface area contributed by atoms with Gasteiger partial charge in [0, 0.05) is 5.03 Å². The first-order valence-corrected chi connectivity index (χ1v) is 4.47. The fourth-order valence-electron chi connectivity index (χ4n) is 1.18. The first kappa shape index (κ1) is 9.34. The maximum absolute atomic E-state index is 5.84. The van der Waals surface area contributed by atoms with E-state index in [9.17, 15) is 0 Å². The molecule has 0 N–H and O–H groups in total. The number of rotatable bonds is 2. The molecule has 0 radical (unpaired) electrons. The van der Waals surface area contributed by atoms with E-state index < -0.39 is 0 Å². The third-order valence-corrected chi connectivity index (χ3v) is 2.21. The zero-order valence-electron chi connectivity index (χ0n) is 7.52. The minimum absolute atomic E-state index is 0.628. The molecule has 1 rings (SSSR count). The maximum Gasteiger partial charge on any atom is 0.0409 e. The van der Waals surface area contributed by atoms with Crippen LogP contribution in [0.4, 0.5) is 0 Å². The lowest BCUT2D eigenvalue weighted by molar-refractivity contribution is 1.13. The molecular formula is C11H13Cl. The van der Waals surface area contributed by atoms with E-state index >= 15 is 0 Å². The van der Waals surface area contributed by atoms with E-state index in [1.165, 1.54) is 11.1 Å². The molecular weight excluding hydrogens is 168 g/mol. The first-order valence-electron chi connectivity index (χ1n) is 4.09. The van der Waals surface area contributed by atoms with E-state index in [-0.39, 0.29) is 0 Å². The second-order valence-electron chi connectivity index (χ2n) is 2.91. The Morgan fingerprint density at radius 3 is 2.67 bits per heavy atom. The van der Waals surface area contributed by atoms with Crippen LogP contribution in [0.15, 0.2) is 24.8 Å². The topological polar surface area (TPSA) is 0 Å². The summed E-state index contributed by atoms with van der Waals surface area (Å²) < 4.78 is 0. The van der Waals surface area contributed by atoms with Crippen LogP contribution in [0.5, 0.6) is 0 Å². The van der Waals surface area contributed by atoms with E-state index in [1.54, 1.807) is 0 Å². The molecule has 1 heteroatoms. The summed E-state index contributed by atoms with van der Waals surface area (Å²) in [6, 6.07) is 6.31. The van der Waals surface area contributed by atoms with Gasteiger partial charge in [0.1, 0.15) is 0 Å². The molecule has 0 aliphatic carbocycles. The van der Waals surface area contributed by atoms with E-state index in [2.05, 4.69) is 31.7 Å². The molecule has 0 saturated carbocycles. The molecule has 0 aromatic heterocycles. The lowest BCUT2D eigenvalue weighted by Gasteiger charge is -2.05. The average molecular weight is 181 g/mol. The van der Waals surface area contributed by atoms with E-state index in [0.29, 0.717) is 5.03 Å². The predicted octanol–water partition coefficient (Wildman–Crippen LogP) is 3.77. The number of aryl methyl sites for hydroxylation is 2. The molecule has 0 amide bonds. The van der Waals surface area contributed by atoms with Gasteiger partial charge < -0.3 is 0 Å². The highest BCUT2D eigenvalue weighted by Gasteiger charge is 2.00. The van der Waals surface area contributed by atoms with Gasteiger partial charge in [-0.3, -0.25) is 0 Å². The number of hydrogen-bond acceptors (Lipinski definition) is 0. The van der Waals surface area contributed by atoms with Crippen molar-refractivity contribution >= 4 is 16.6 Å². The van der Waals surface area contributed by atoms with E-state index in [1.807, 2.05) is 6.92 Å². The van der Waals surface area contributed by atoms with Gasteiger partial charge in [0.05, 0.1) is 0 Å². The molecule has 0 saturated heterocycles. The second-order valence-corrected chi connectivity index (χ2v) is 3.36. The lowest BCUT2D eigenvalue weighted by Crippen LogP contribution is -1.87. The minimum Gasteiger partial charge on any atom is -0.0843 e. The van der Waals surface area contributed by atoms with Crippen molar-refractivity contribution in [2.45, 2.75) is 20.3 Å². The Bertz CT molecular complexity index is 300. The van der Waals surface area contributed by atoms with Gasteiger partial charge in [-0.05, 0) is 30.0 Å².